The number of fused-ring (bicyclic) bond motifs is 1. The molecule has 0 unspecified atom stereocenters. The highest BCUT2D eigenvalue weighted by Gasteiger charge is 2.22. The maximum absolute atomic E-state index is 13.2. The SMILES string of the molecule is CC(=O)Nc1c(C)cccc1C(=O)OCC(=O)c1c(-c2ccccc2)[nH]c2ccccc12. The van der Waals surface area contributed by atoms with Gasteiger partial charge in [0.05, 0.1) is 22.5 Å². The van der Waals surface area contributed by atoms with Gasteiger partial charge in [0, 0.05) is 17.8 Å². The third-order valence-electron chi connectivity index (χ3n) is 5.18. The number of para-hydroxylation sites is 2. The van der Waals surface area contributed by atoms with Gasteiger partial charge in [0.2, 0.25) is 11.7 Å². The normalized spacial score (nSPS) is 10.7. The van der Waals surface area contributed by atoms with Gasteiger partial charge in [0.1, 0.15) is 0 Å². The van der Waals surface area contributed by atoms with Crippen molar-refractivity contribution in [2.24, 2.45) is 0 Å². The number of anilines is 1. The molecule has 2 N–H and O–H groups in total. The number of benzene rings is 3. The molecule has 4 aromatic rings. The fourth-order valence-electron chi connectivity index (χ4n) is 3.71. The summed E-state index contributed by atoms with van der Waals surface area (Å²) >= 11 is 0. The van der Waals surface area contributed by atoms with Crippen LogP contribution in [-0.2, 0) is 9.53 Å². The molecule has 6 nitrogen and oxygen atoms in total. The monoisotopic (exact) mass is 426 g/mol. The summed E-state index contributed by atoms with van der Waals surface area (Å²) in [7, 11) is 0. The topological polar surface area (TPSA) is 88.3 Å². The van der Waals surface area contributed by atoms with Crippen molar-refractivity contribution < 1.29 is 19.1 Å². The molecule has 0 radical (unpaired) electrons. The predicted molar refractivity (Wildman–Crippen MR) is 124 cm³/mol. The molecular weight excluding hydrogens is 404 g/mol. The summed E-state index contributed by atoms with van der Waals surface area (Å²) in [5.74, 6) is -1.29. The maximum Gasteiger partial charge on any atom is 0.340 e. The number of carbonyl (C=O) groups is 3. The second kappa shape index (κ2) is 8.89. The highest BCUT2D eigenvalue weighted by Crippen LogP contribution is 2.31. The molecule has 1 heterocycles. The van der Waals surface area contributed by atoms with E-state index < -0.39 is 12.6 Å². The van der Waals surface area contributed by atoms with Crippen molar-refractivity contribution in [3.8, 4) is 11.3 Å². The van der Waals surface area contributed by atoms with Crippen LogP contribution < -0.4 is 5.32 Å². The zero-order valence-electron chi connectivity index (χ0n) is 17.8. The predicted octanol–water partition coefficient (Wildman–Crippen LogP) is 5.14. The summed E-state index contributed by atoms with van der Waals surface area (Å²) in [6.45, 7) is 2.73. The van der Waals surface area contributed by atoms with E-state index in [0.29, 0.717) is 16.9 Å². The van der Waals surface area contributed by atoms with Crippen LogP contribution in [-0.4, -0.2) is 29.3 Å². The van der Waals surface area contributed by atoms with Crippen molar-refractivity contribution in [3.63, 3.8) is 0 Å². The van der Waals surface area contributed by atoms with E-state index in [0.717, 1.165) is 22.0 Å². The van der Waals surface area contributed by atoms with Crippen LogP contribution in [0.5, 0.6) is 0 Å². The number of hydrogen-bond acceptors (Lipinski definition) is 4. The van der Waals surface area contributed by atoms with Gasteiger partial charge in [-0.05, 0) is 30.2 Å². The number of H-pyrrole nitrogens is 1. The Bertz CT molecular complexity index is 1320. The van der Waals surface area contributed by atoms with Crippen molar-refractivity contribution in [1.82, 2.24) is 4.98 Å². The Kier molecular flexibility index (Phi) is 5.85. The molecule has 0 aliphatic heterocycles. The summed E-state index contributed by atoms with van der Waals surface area (Å²) in [5.41, 5.74) is 4.17. The molecule has 0 saturated carbocycles. The van der Waals surface area contributed by atoms with E-state index in [1.807, 2.05) is 54.6 Å². The first kappa shape index (κ1) is 21.1. The number of rotatable bonds is 6. The second-order valence-corrected chi connectivity index (χ2v) is 7.46. The lowest BCUT2D eigenvalue weighted by Gasteiger charge is -2.12. The van der Waals surface area contributed by atoms with Crippen LogP contribution in [0.3, 0.4) is 0 Å². The number of aromatic nitrogens is 1. The number of aryl methyl sites for hydroxylation is 1. The van der Waals surface area contributed by atoms with E-state index in [1.165, 1.54) is 6.92 Å². The highest BCUT2D eigenvalue weighted by atomic mass is 16.5. The average molecular weight is 426 g/mol. The number of carbonyl (C=O) groups excluding carboxylic acids is 3. The lowest BCUT2D eigenvalue weighted by Crippen LogP contribution is -2.17. The number of aromatic amines is 1. The lowest BCUT2D eigenvalue weighted by atomic mass is 10.0. The number of ketones is 1. The Morgan fingerprint density at radius 3 is 2.38 bits per heavy atom. The van der Waals surface area contributed by atoms with Crippen molar-refractivity contribution in [1.29, 1.82) is 0 Å². The molecule has 0 fully saturated rings. The molecular formula is C26H22N2O4. The number of esters is 1. The second-order valence-electron chi connectivity index (χ2n) is 7.46. The highest BCUT2D eigenvalue weighted by molar-refractivity contribution is 6.14. The number of ether oxygens (including phenoxy) is 1. The fraction of sp³-hybridized carbons (Fsp3) is 0.115. The number of nitrogens with one attached hydrogen (secondary N) is 2. The average Bonchev–Trinajstić information content (AvgIpc) is 3.18. The number of amides is 1. The van der Waals surface area contributed by atoms with E-state index in [2.05, 4.69) is 10.3 Å². The Hall–Kier alpha value is -4.19. The zero-order valence-corrected chi connectivity index (χ0v) is 17.8. The van der Waals surface area contributed by atoms with E-state index in [-0.39, 0.29) is 17.3 Å². The van der Waals surface area contributed by atoms with Gasteiger partial charge in [-0.1, -0.05) is 60.7 Å². The van der Waals surface area contributed by atoms with E-state index in [9.17, 15) is 14.4 Å². The third kappa shape index (κ3) is 4.16. The van der Waals surface area contributed by atoms with Crippen LogP contribution >= 0.6 is 0 Å². The third-order valence-corrected chi connectivity index (χ3v) is 5.18. The largest absolute Gasteiger partial charge is 0.454 e. The summed E-state index contributed by atoms with van der Waals surface area (Å²) in [6, 6.07) is 22.1. The quantitative estimate of drug-likeness (QED) is 0.330. The summed E-state index contributed by atoms with van der Waals surface area (Å²) in [4.78, 5) is 40.8. The van der Waals surface area contributed by atoms with Gasteiger partial charge >= 0.3 is 5.97 Å². The summed E-state index contributed by atoms with van der Waals surface area (Å²) < 4.78 is 5.38. The van der Waals surface area contributed by atoms with Gasteiger partial charge in [0.15, 0.2) is 6.61 Å². The Morgan fingerprint density at radius 1 is 0.906 bits per heavy atom. The molecule has 3 aromatic carbocycles. The Morgan fingerprint density at radius 2 is 1.62 bits per heavy atom. The van der Waals surface area contributed by atoms with E-state index >= 15 is 0 Å². The van der Waals surface area contributed by atoms with Gasteiger partial charge in [-0.25, -0.2) is 4.79 Å². The van der Waals surface area contributed by atoms with Crippen LogP contribution in [0, 0.1) is 6.92 Å². The van der Waals surface area contributed by atoms with Gasteiger partial charge in [-0.2, -0.15) is 0 Å². The molecule has 0 atom stereocenters. The van der Waals surface area contributed by atoms with Crippen LogP contribution in [0.25, 0.3) is 22.2 Å². The first-order valence-electron chi connectivity index (χ1n) is 10.2. The van der Waals surface area contributed by atoms with Gasteiger partial charge in [0.25, 0.3) is 0 Å². The lowest BCUT2D eigenvalue weighted by molar-refractivity contribution is -0.114. The van der Waals surface area contributed by atoms with Crippen LogP contribution in [0.15, 0.2) is 72.8 Å². The standard InChI is InChI=1S/C26H22N2O4/c1-16-9-8-13-20(24(16)27-17(2)29)26(31)32-15-22(30)23-19-12-6-7-14-21(19)28-25(23)18-10-4-3-5-11-18/h3-14,28H,15H2,1-2H3,(H,27,29). The van der Waals surface area contributed by atoms with Crippen molar-refractivity contribution in [2.75, 3.05) is 11.9 Å². The maximum atomic E-state index is 13.2. The minimum absolute atomic E-state index is 0.204. The van der Waals surface area contributed by atoms with Crippen molar-refractivity contribution >= 4 is 34.3 Å². The summed E-state index contributed by atoms with van der Waals surface area (Å²) in [5, 5.41) is 3.43. The smallest absolute Gasteiger partial charge is 0.340 e. The molecule has 32 heavy (non-hydrogen) atoms. The zero-order chi connectivity index (χ0) is 22.7. The van der Waals surface area contributed by atoms with Crippen molar-refractivity contribution in [2.45, 2.75) is 13.8 Å². The fourth-order valence-corrected chi connectivity index (χ4v) is 3.71. The van der Waals surface area contributed by atoms with E-state index in [4.69, 9.17) is 4.74 Å². The van der Waals surface area contributed by atoms with Crippen LogP contribution in [0.2, 0.25) is 0 Å². The van der Waals surface area contributed by atoms with Crippen molar-refractivity contribution in [3.05, 3.63) is 89.5 Å². The molecule has 0 saturated heterocycles. The van der Waals surface area contributed by atoms with E-state index in [1.54, 1.807) is 25.1 Å². The molecule has 4 rings (SSSR count). The Labute approximate surface area is 185 Å². The minimum Gasteiger partial charge on any atom is -0.454 e. The van der Waals surface area contributed by atoms with Crippen LogP contribution in [0.4, 0.5) is 5.69 Å². The Balaban J connectivity index is 1.63. The molecule has 0 aliphatic carbocycles. The molecule has 160 valence electrons. The molecule has 0 bridgehead atoms. The first-order chi connectivity index (χ1) is 15.5. The molecule has 6 heteroatoms. The van der Waals surface area contributed by atoms with Crippen LogP contribution in [0.1, 0.15) is 33.2 Å². The van der Waals surface area contributed by atoms with Gasteiger partial charge < -0.3 is 15.0 Å². The molecule has 1 aromatic heterocycles. The molecule has 0 spiro atoms. The summed E-state index contributed by atoms with van der Waals surface area (Å²) in [6.07, 6.45) is 0. The van der Waals surface area contributed by atoms with Gasteiger partial charge in [-0.3, -0.25) is 9.59 Å². The number of Topliss-reactive ketones (excluding diaryl/α,β-unsaturated/α-hetero) is 1. The van der Waals surface area contributed by atoms with Gasteiger partial charge in [-0.15, -0.1) is 0 Å². The first-order valence-corrected chi connectivity index (χ1v) is 10.2. The molecule has 0 aliphatic rings. The minimum atomic E-state index is -0.674. The molecule has 1 amide bonds. The number of hydrogen-bond donors (Lipinski definition) is 2.